The fourth-order valence-corrected chi connectivity index (χ4v) is 6.28. The first-order chi connectivity index (χ1) is 27.8. The van der Waals surface area contributed by atoms with Crippen LogP contribution in [0.1, 0.15) is 53.6 Å². The van der Waals surface area contributed by atoms with Crippen molar-refractivity contribution in [2.75, 3.05) is 31.5 Å². The molecule has 2 fully saturated rings. The maximum absolute atomic E-state index is 12.7. The van der Waals surface area contributed by atoms with E-state index >= 15 is 0 Å². The van der Waals surface area contributed by atoms with E-state index in [-0.39, 0.29) is 18.4 Å². The fraction of sp³-hybridized carbons (Fsp3) is 0.244. The van der Waals surface area contributed by atoms with E-state index in [1.807, 2.05) is 55.5 Å². The van der Waals surface area contributed by atoms with Crippen molar-refractivity contribution in [3.63, 3.8) is 0 Å². The van der Waals surface area contributed by atoms with Gasteiger partial charge in [0.25, 0.3) is 0 Å². The first-order valence-electron chi connectivity index (χ1n) is 18.8. The van der Waals surface area contributed by atoms with Gasteiger partial charge in [-0.2, -0.15) is 26.3 Å². The summed E-state index contributed by atoms with van der Waals surface area (Å²) >= 11 is 0. The van der Waals surface area contributed by atoms with Crippen LogP contribution in [-0.2, 0) is 12.4 Å². The number of benzene rings is 4. The van der Waals surface area contributed by atoms with Gasteiger partial charge in [0.15, 0.2) is 0 Å². The van der Waals surface area contributed by atoms with Gasteiger partial charge in [-0.25, -0.2) is 4.79 Å². The number of hydrogen-bond acceptors (Lipinski definition) is 5. The molecule has 4 aromatic carbocycles. The standard InChI is InChI=1S/C26H24F3N3O2.C19H18F3NO.ClH/c1-18-5-8-22(17-30-18)31-25(33)32-13-11-19(12-14-32)15-20-3-2-4-24(16-20)34-23-9-6-21(7-10-23)26(27,28)29;20-19(21,22)16-4-6-17(7-5-16)24-18-3-1-2-15(13-18)12-14-8-10-23-11-9-14;/h2-10,15-17H,11-14H2,1H3,(H,31,33);1-7,12-13,23H,8-11H2;1H. The average Bonchev–Trinajstić information content (AvgIpc) is 3.20. The average molecular weight is 837 g/mol. The minimum absolute atomic E-state index is 0. The summed E-state index contributed by atoms with van der Waals surface area (Å²) in [4.78, 5) is 18.5. The Bertz CT molecular complexity index is 2190. The number of aryl methyl sites for hydroxylation is 1. The van der Waals surface area contributed by atoms with Gasteiger partial charge in [-0.15, -0.1) is 12.4 Å². The van der Waals surface area contributed by atoms with Gasteiger partial charge in [0.2, 0.25) is 0 Å². The molecule has 7 nitrogen and oxygen atoms in total. The van der Waals surface area contributed by atoms with E-state index in [1.54, 1.807) is 23.2 Å². The zero-order valence-corrected chi connectivity index (χ0v) is 32.9. The largest absolute Gasteiger partial charge is 0.457 e. The summed E-state index contributed by atoms with van der Waals surface area (Å²) in [5.41, 5.74) is 4.74. The second-order valence-corrected chi connectivity index (χ2v) is 13.9. The SMILES string of the molecule is Cc1ccc(NC(=O)N2CCC(=Cc3cccc(Oc4ccc(C(F)(F)F)cc4)c3)CC2)cn1.Cl.FC(F)(F)c1ccc(Oc2cccc(C=C3CCNCC3)c2)cc1. The van der Waals surface area contributed by atoms with Crippen molar-refractivity contribution in [1.29, 1.82) is 0 Å². The number of ether oxygens (including phenoxy) is 2. The van der Waals surface area contributed by atoms with Crippen LogP contribution >= 0.6 is 12.4 Å². The summed E-state index contributed by atoms with van der Waals surface area (Å²) in [6.07, 6.45) is 0.723. The second kappa shape index (κ2) is 20.3. The summed E-state index contributed by atoms with van der Waals surface area (Å²) in [5, 5.41) is 6.19. The smallest absolute Gasteiger partial charge is 0.416 e. The van der Waals surface area contributed by atoms with Crippen LogP contribution in [0.2, 0.25) is 0 Å². The van der Waals surface area contributed by atoms with E-state index in [9.17, 15) is 31.1 Å². The molecule has 2 aliphatic heterocycles. The summed E-state index contributed by atoms with van der Waals surface area (Å²) < 4.78 is 87.3. The molecule has 5 aromatic rings. The van der Waals surface area contributed by atoms with Gasteiger partial charge in [0.05, 0.1) is 23.0 Å². The number of amides is 2. The number of likely N-dealkylation sites (tertiary alicyclic amines) is 1. The molecule has 0 bridgehead atoms. The van der Waals surface area contributed by atoms with Crippen molar-refractivity contribution in [3.05, 3.63) is 154 Å². The second-order valence-electron chi connectivity index (χ2n) is 13.9. The zero-order chi connectivity index (χ0) is 41.1. The lowest BCUT2D eigenvalue weighted by atomic mass is 10.0. The molecular formula is C45H43ClF6N4O3. The van der Waals surface area contributed by atoms with E-state index in [0.717, 1.165) is 79.9 Å². The Morgan fingerprint density at radius 1 is 0.661 bits per heavy atom. The lowest BCUT2D eigenvalue weighted by Crippen LogP contribution is -2.39. The zero-order valence-electron chi connectivity index (χ0n) is 32.1. The van der Waals surface area contributed by atoms with Gasteiger partial charge >= 0.3 is 18.4 Å². The van der Waals surface area contributed by atoms with E-state index in [1.165, 1.54) is 35.4 Å². The lowest BCUT2D eigenvalue weighted by molar-refractivity contribution is -0.138. The quantitative estimate of drug-likeness (QED) is 0.160. The molecule has 1 aromatic heterocycles. The van der Waals surface area contributed by atoms with Crippen LogP contribution in [0, 0.1) is 6.92 Å². The number of carbonyl (C=O) groups is 1. The number of anilines is 1. The maximum atomic E-state index is 12.7. The van der Waals surface area contributed by atoms with Crippen LogP contribution in [0.15, 0.2) is 127 Å². The van der Waals surface area contributed by atoms with E-state index in [2.05, 4.69) is 27.8 Å². The maximum Gasteiger partial charge on any atom is 0.416 e. The summed E-state index contributed by atoms with van der Waals surface area (Å²) in [6, 6.07) is 27.8. The van der Waals surface area contributed by atoms with E-state index in [0.29, 0.717) is 41.8 Å². The van der Waals surface area contributed by atoms with Crippen LogP contribution in [-0.4, -0.2) is 42.1 Å². The summed E-state index contributed by atoms with van der Waals surface area (Å²) in [6.45, 7) is 5.10. The molecular weight excluding hydrogens is 794 g/mol. The molecule has 310 valence electrons. The van der Waals surface area contributed by atoms with Gasteiger partial charge in [-0.05, 0) is 142 Å². The van der Waals surface area contributed by atoms with Gasteiger partial charge in [0.1, 0.15) is 23.0 Å². The Morgan fingerprint density at radius 3 is 1.58 bits per heavy atom. The highest BCUT2D eigenvalue weighted by Gasteiger charge is 2.31. The molecule has 7 rings (SSSR count). The van der Waals surface area contributed by atoms with Crippen LogP contribution in [0.25, 0.3) is 12.2 Å². The topological polar surface area (TPSA) is 75.7 Å². The van der Waals surface area contributed by atoms with Gasteiger partial charge in [-0.1, -0.05) is 47.6 Å². The predicted octanol–water partition coefficient (Wildman–Crippen LogP) is 12.6. The Labute approximate surface area is 345 Å². The normalized spacial score (nSPS) is 14.3. The molecule has 0 radical (unpaired) electrons. The Morgan fingerprint density at radius 2 is 1.14 bits per heavy atom. The third-order valence-electron chi connectivity index (χ3n) is 9.39. The molecule has 0 unspecified atom stereocenters. The molecule has 0 atom stereocenters. The third-order valence-corrected chi connectivity index (χ3v) is 9.39. The molecule has 2 N–H and O–H groups in total. The van der Waals surface area contributed by atoms with Crippen LogP contribution < -0.4 is 20.1 Å². The minimum atomic E-state index is -4.38. The van der Waals surface area contributed by atoms with Crippen molar-refractivity contribution in [1.82, 2.24) is 15.2 Å². The summed E-state index contributed by atoms with van der Waals surface area (Å²) in [5.74, 6) is 1.87. The predicted molar refractivity (Wildman–Crippen MR) is 220 cm³/mol. The molecule has 0 saturated carbocycles. The number of rotatable bonds is 7. The number of halogens is 7. The number of hydrogen-bond donors (Lipinski definition) is 2. The Balaban J connectivity index is 0.000000233. The van der Waals surface area contributed by atoms with Crippen molar-refractivity contribution >= 4 is 36.3 Å². The molecule has 14 heteroatoms. The van der Waals surface area contributed by atoms with Crippen molar-refractivity contribution in [3.8, 4) is 23.0 Å². The summed E-state index contributed by atoms with van der Waals surface area (Å²) in [7, 11) is 0. The lowest BCUT2D eigenvalue weighted by Gasteiger charge is -2.28. The molecule has 2 saturated heterocycles. The first kappa shape index (κ1) is 44.3. The highest BCUT2D eigenvalue weighted by Crippen LogP contribution is 2.33. The van der Waals surface area contributed by atoms with Crippen LogP contribution in [0.5, 0.6) is 23.0 Å². The van der Waals surface area contributed by atoms with Crippen LogP contribution in [0.3, 0.4) is 0 Å². The van der Waals surface area contributed by atoms with E-state index in [4.69, 9.17) is 9.47 Å². The van der Waals surface area contributed by atoms with E-state index < -0.39 is 23.5 Å². The molecule has 2 aliphatic rings. The molecule has 0 spiro atoms. The first-order valence-corrected chi connectivity index (χ1v) is 18.8. The molecule has 0 aliphatic carbocycles. The monoisotopic (exact) mass is 836 g/mol. The Kier molecular flexibility index (Phi) is 15.2. The number of nitrogens with zero attached hydrogens (tertiary/aromatic N) is 2. The number of urea groups is 1. The molecule has 3 heterocycles. The number of alkyl halides is 6. The number of nitrogens with one attached hydrogen (secondary N) is 2. The van der Waals surface area contributed by atoms with Gasteiger partial charge in [-0.3, -0.25) is 4.98 Å². The van der Waals surface area contributed by atoms with Gasteiger partial charge in [0, 0.05) is 18.8 Å². The highest BCUT2D eigenvalue weighted by molar-refractivity contribution is 5.89. The minimum Gasteiger partial charge on any atom is -0.457 e. The number of aromatic nitrogens is 1. The third kappa shape index (κ3) is 13.6. The highest BCUT2D eigenvalue weighted by atomic mass is 35.5. The fourth-order valence-electron chi connectivity index (χ4n) is 6.28. The van der Waals surface area contributed by atoms with Crippen molar-refractivity contribution < 1.29 is 40.6 Å². The van der Waals surface area contributed by atoms with Gasteiger partial charge < -0.3 is 25.0 Å². The van der Waals surface area contributed by atoms with Crippen molar-refractivity contribution in [2.24, 2.45) is 0 Å². The number of pyridine rings is 1. The number of piperidine rings is 2. The molecule has 2 amide bonds. The number of carbonyl (C=O) groups excluding carboxylic acids is 1. The van der Waals surface area contributed by atoms with Crippen molar-refractivity contribution in [2.45, 2.75) is 45.0 Å². The molecule has 59 heavy (non-hydrogen) atoms. The van der Waals surface area contributed by atoms with Crippen LogP contribution in [0.4, 0.5) is 36.8 Å². The Hall–Kier alpha value is -5.79.